The van der Waals surface area contributed by atoms with Gasteiger partial charge in [0.05, 0.1) is 34.1 Å². The third-order valence-electron chi connectivity index (χ3n) is 4.71. The van der Waals surface area contributed by atoms with Gasteiger partial charge in [0.15, 0.2) is 6.73 Å². The summed E-state index contributed by atoms with van der Waals surface area (Å²) < 4.78 is 38.2. The van der Waals surface area contributed by atoms with E-state index in [9.17, 15) is 18.0 Å². The number of halogens is 1. The fourth-order valence-corrected chi connectivity index (χ4v) is 4.69. The third-order valence-corrected chi connectivity index (χ3v) is 6.94. The molecule has 0 saturated carbocycles. The molecule has 31 heavy (non-hydrogen) atoms. The zero-order valence-electron chi connectivity index (χ0n) is 16.1. The molecule has 162 valence electrons. The first-order valence-corrected chi connectivity index (χ1v) is 11.1. The highest BCUT2D eigenvalue weighted by atomic mass is 35.5. The highest BCUT2D eigenvalue weighted by Gasteiger charge is 2.28. The molecular weight excluding hydrogens is 448 g/mol. The molecule has 0 atom stereocenters. The van der Waals surface area contributed by atoms with E-state index in [1.165, 1.54) is 16.4 Å². The number of carbonyl (C=O) groups is 1. The van der Waals surface area contributed by atoms with Gasteiger partial charge in [-0.3, -0.25) is 4.79 Å². The van der Waals surface area contributed by atoms with E-state index >= 15 is 0 Å². The molecule has 0 unspecified atom stereocenters. The topological polar surface area (TPSA) is 121 Å². The van der Waals surface area contributed by atoms with Gasteiger partial charge in [0.1, 0.15) is 5.52 Å². The van der Waals surface area contributed by atoms with Crippen molar-refractivity contribution in [1.82, 2.24) is 19.3 Å². The van der Waals surface area contributed by atoms with Crippen molar-refractivity contribution < 1.29 is 22.7 Å². The quantitative estimate of drug-likeness (QED) is 0.518. The van der Waals surface area contributed by atoms with Gasteiger partial charge >= 0.3 is 5.97 Å². The van der Waals surface area contributed by atoms with Crippen molar-refractivity contribution in [3.8, 4) is 0 Å². The molecule has 2 aromatic carbocycles. The van der Waals surface area contributed by atoms with Crippen molar-refractivity contribution in [1.29, 1.82) is 0 Å². The van der Waals surface area contributed by atoms with Gasteiger partial charge in [-0.05, 0) is 30.3 Å². The number of ether oxygens (including phenoxy) is 2. The van der Waals surface area contributed by atoms with Crippen molar-refractivity contribution >= 4 is 38.5 Å². The lowest BCUT2D eigenvalue weighted by molar-refractivity contribution is 0.0336. The van der Waals surface area contributed by atoms with Crippen molar-refractivity contribution in [3.63, 3.8) is 0 Å². The van der Waals surface area contributed by atoms with Gasteiger partial charge in [-0.2, -0.15) is 8.99 Å². The lowest BCUT2D eigenvalue weighted by Crippen LogP contribution is -2.40. The summed E-state index contributed by atoms with van der Waals surface area (Å²) >= 11 is 6.09. The molecule has 1 saturated heterocycles. The standard InChI is InChI=1S/C19H17ClN4O6S/c20-16-6-5-13(31(27,28)23-7-9-29-10-8-23)11-15(16)19(26)30-12-24-18(25)14-3-1-2-4-17(14)21-22-24/h1-6,11H,7-10,12H2. The van der Waals surface area contributed by atoms with Crippen LogP contribution in [-0.4, -0.2) is 60.0 Å². The normalized spacial score (nSPS) is 15.1. The molecule has 1 aliphatic rings. The van der Waals surface area contributed by atoms with Crippen LogP contribution in [0, 0.1) is 0 Å². The summed E-state index contributed by atoms with van der Waals surface area (Å²) in [6.45, 7) is 0.515. The van der Waals surface area contributed by atoms with Gasteiger partial charge in [0.2, 0.25) is 10.0 Å². The van der Waals surface area contributed by atoms with Crippen molar-refractivity contribution in [2.45, 2.75) is 11.6 Å². The second-order valence-corrected chi connectivity index (χ2v) is 8.98. The number of aromatic nitrogens is 3. The lowest BCUT2D eigenvalue weighted by Gasteiger charge is -2.26. The van der Waals surface area contributed by atoms with E-state index in [-0.39, 0.29) is 28.6 Å². The van der Waals surface area contributed by atoms with E-state index in [1.54, 1.807) is 24.3 Å². The summed E-state index contributed by atoms with van der Waals surface area (Å²) in [6, 6.07) is 10.4. The first-order valence-electron chi connectivity index (χ1n) is 9.25. The lowest BCUT2D eigenvalue weighted by atomic mass is 10.2. The smallest absolute Gasteiger partial charge is 0.341 e. The molecule has 3 aromatic rings. The number of carbonyl (C=O) groups excluding carboxylic acids is 1. The zero-order valence-corrected chi connectivity index (χ0v) is 17.7. The van der Waals surface area contributed by atoms with Crippen LogP contribution in [0.15, 0.2) is 52.2 Å². The molecular formula is C19H17ClN4O6S. The molecule has 0 aliphatic carbocycles. The van der Waals surface area contributed by atoms with E-state index in [2.05, 4.69) is 10.3 Å². The van der Waals surface area contributed by atoms with Gasteiger partial charge < -0.3 is 9.47 Å². The maximum absolute atomic E-state index is 12.8. The van der Waals surface area contributed by atoms with Crippen molar-refractivity contribution in [2.24, 2.45) is 0 Å². The average molecular weight is 465 g/mol. The van der Waals surface area contributed by atoms with Gasteiger partial charge in [-0.15, -0.1) is 5.10 Å². The molecule has 0 N–H and O–H groups in total. The predicted octanol–water partition coefficient (Wildman–Crippen LogP) is 1.28. The number of nitrogens with zero attached hydrogens (tertiary/aromatic N) is 4. The van der Waals surface area contributed by atoms with E-state index in [0.29, 0.717) is 24.1 Å². The Hall–Kier alpha value is -2.86. The Morgan fingerprint density at radius 1 is 1.16 bits per heavy atom. The fraction of sp³-hybridized carbons (Fsp3) is 0.263. The van der Waals surface area contributed by atoms with E-state index in [1.807, 2.05) is 0 Å². The number of hydrogen-bond donors (Lipinski definition) is 0. The second-order valence-electron chi connectivity index (χ2n) is 6.63. The van der Waals surface area contributed by atoms with Gasteiger partial charge in [0, 0.05) is 13.1 Å². The Bertz CT molecular complexity index is 1300. The molecule has 10 nitrogen and oxygen atoms in total. The predicted molar refractivity (Wildman–Crippen MR) is 110 cm³/mol. The summed E-state index contributed by atoms with van der Waals surface area (Å²) in [4.78, 5) is 24.9. The summed E-state index contributed by atoms with van der Waals surface area (Å²) in [6.07, 6.45) is 0. The van der Waals surface area contributed by atoms with E-state index in [0.717, 1.165) is 10.7 Å². The Labute approximate surface area is 182 Å². The molecule has 12 heteroatoms. The second kappa shape index (κ2) is 8.71. The Morgan fingerprint density at radius 2 is 1.90 bits per heavy atom. The van der Waals surface area contributed by atoms with Crippen LogP contribution in [0.3, 0.4) is 0 Å². The third kappa shape index (κ3) is 4.30. The molecule has 1 aliphatic heterocycles. The molecule has 1 aromatic heterocycles. The van der Waals surface area contributed by atoms with Crippen molar-refractivity contribution in [3.05, 3.63) is 63.4 Å². The highest BCUT2D eigenvalue weighted by molar-refractivity contribution is 7.89. The van der Waals surface area contributed by atoms with Crippen LogP contribution in [0.1, 0.15) is 10.4 Å². The summed E-state index contributed by atoms with van der Waals surface area (Å²) in [5.74, 6) is -0.897. The van der Waals surface area contributed by atoms with Gasteiger partial charge in [-0.1, -0.05) is 28.9 Å². The first-order chi connectivity index (χ1) is 14.9. The monoisotopic (exact) mass is 464 g/mol. The number of rotatable bonds is 5. The van der Waals surface area contributed by atoms with Crippen LogP contribution in [0.4, 0.5) is 0 Å². The van der Waals surface area contributed by atoms with Crippen LogP contribution in [0.25, 0.3) is 10.9 Å². The minimum Gasteiger partial charge on any atom is -0.438 e. The molecule has 0 spiro atoms. The van der Waals surface area contributed by atoms with Gasteiger partial charge in [-0.25, -0.2) is 13.2 Å². The highest BCUT2D eigenvalue weighted by Crippen LogP contribution is 2.24. The molecule has 0 bridgehead atoms. The van der Waals surface area contributed by atoms with Crippen molar-refractivity contribution in [2.75, 3.05) is 26.3 Å². The van der Waals surface area contributed by atoms with Crippen LogP contribution in [0.2, 0.25) is 5.02 Å². The summed E-state index contributed by atoms with van der Waals surface area (Å²) in [5, 5.41) is 7.99. The Morgan fingerprint density at radius 3 is 2.68 bits per heavy atom. The SMILES string of the molecule is O=C(OCn1nnc2ccccc2c1=O)c1cc(S(=O)(=O)N2CCOCC2)ccc1Cl. The molecule has 2 heterocycles. The van der Waals surface area contributed by atoms with Crippen LogP contribution >= 0.6 is 11.6 Å². The molecule has 1 fully saturated rings. The fourth-order valence-electron chi connectivity index (χ4n) is 3.06. The number of benzene rings is 2. The molecule has 0 radical (unpaired) electrons. The number of esters is 1. The van der Waals surface area contributed by atoms with Crippen LogP contribution < -0.4 is 5.56 Å². The minimum absolute atomic E-state index is 0.0165. The number of fused-ring (bicyclic) bond motifs is 1. The van der Waals surface area contributed by atoms with Crippen LogP contribution in [-0.2, 0) is 26.2 Å². The number of sulfonamides is 1. The maximum Gasteiger partial charge on any atom is 0.341 e. The Balaban J connectivity index is 1.56. The first kappa shape index (κ1) is 21.4. The van der Waals surface area contributed by atoms with E-state index in [4.69, 9.17) is 21.1 Å². The average Bonchev–Trinajstić information content (AvgIpc) is 2.79. The number of hydrogen-bond acceptors (Lipinski definition) is 8. The summed E-state index contributed by atoms with van der Waals surface area (Å²) in [5.41, 5.74) is -0.204. The minimum atomic E-state index is -3.82. The van der Waals surface area contributed by atoms with Crippen LogP contribution in [0.5, 0.6) is 0 Å². The Kier molecular flexibility index (Phi) is 6.01. The zero-order chi connectivity index (χ0) is 22.0. The largest absolute Gasteiger partial charge is 0.438 e. The molecule has 0 amide bonds. The maximum atomic E-state index is 12.8. The summed E-state index contributed by atoms with van der Waals surface area (Å²) in [7, 11) is -3.82. The number of morpholine rings is 1. The van der Waals surface area contributed by atoms with E-state index < -0.39 is 28.3 Å². The molecule has 4 rings (SSSR count). The van der Waals surface area contributed by atoms with Gasteiger partial charge in [0.25, 0.3) is 5.56 Å².